The molecule has 116 valence electrons. The first-order valence-electron chi connectivity index (χ1n) is 7.91. The van der Waals surface area contributed by atoms with Crippen molar-refractivity contribution in [3.63, 3.8) is 0 Å². The normalized spacial score (nSPS) is 25.5. The van der Waals surface area contributed by atoms with Gasteiger partial charge in [-0.3, -0.25) is 9.48 Å². The van der Waals surface area contributed by atoms with Gasteiger partial charge in [0.25, 0.3) is 0 Å². The zero-order valence-corrected chi connectivity index (χ0v) is 13.5. The number of nitrogens with zero attached hydrogens (tertiary/aromatic N) is 3. The molecular formula is C15H23ClN4O. The largest absolute Gasteiger partial charge is 0.335 e. The summed E-state index contributed by atoms with van der Waals surface area (Å²) in [5, 5.41) is 8.74. The van der Waals surface area contributed by atoms with Crippen molar-refractivity contribution < 1.29 is 4.79 Å². The van der Waals surface area contributed by atoms with Gasteiger partial charge >= 0.3 is 0 Å². The summed E-state index contributed by atoms with van der Waals surface area (Å²) >= 11 is 6.45. The van der Waals surface area contributed by atoms with Gasteiger partial charge in [0.1, 0.15) is 0 Å². The van der Waals surface area contributed by atoms with Gasteiger partial charge in [-0.25, -0.2) is 0 Å². The first-order chi connectivity index (χ1) is 10.2. The molecule has 0 saturated carbocycles. The van der Waals surface area contributed by atoms with Gasteiger partial charge in [-0.2, -0.15) is 5.10 Å². The number of carbonyl (C=O) groups excluding carboxylic acids is 1. The van der Waals surface area contributed by atoms with E-state index in [2.05, 4.69) is 24.3 Å². The van der Waals surface area contributed by atoms with Crippen LogP contribution in [0.1, 0.15) is 38.1 Å². The summed E-state index contributed by atoms with van der Waals surface area (Å²) in [7, 11) is 0. The van der Waals surface area contributed by atoms with E-state index in [1.54, 1.807) is 0 Å². The lowest BCUT2D eigenvalue weighted by Gasteiger charge is -2.23. The lowest BCUT2D eigenvalue weighted by Crippen LogP contribution is -2.41. The Bertz CT molecular complexity index is 542. The second kappa shape index (κ2) is 5.97. The molecule has 1 aromatic rings. The molecule has 0 aromatic carbocycles. The number of piperidine rings is 1. The van der Waals surface area contributed by atoms with E-state index >= 15 is 0 Å². The molecule has 21 heavy (non-hydrogen) atoms. The Balaban J connectivity index is 1.81. The van der Waals surface area contributed by atoms with Crippen LogP contribution in [-0.4, -0.2) is 39.7 Å². The van der Waals surface area contributed by atoms with Crippen LogP contribution in [0, 0.1) is 5.92 Å². The first-order valence-corrected chi connectivity index (χ1v) is 8.29. The number of halogens is 1. The van der Waals surface area contributed by atoms with E-state index in [1.807, 2.05) is 9.58 Å². The molecule has 0 aliphatic carbocycles. The average Bonchev–Trinajstić information content (AvgIpc) is 2.99. The molecule has 2 atom stereocenters. The third kappa shape index (κ3) is 2.57. The number of aryl methyl sites for hydroxylation is 2. The molecule has 2 unspecified atom stereocenters. The van der Waals surface area contributed by atoms with Crippen molar-refractivity contribution in [2.75, 3.05) is 13.1 Å². The molecule has 2 aliphatic heterocycles. The van der Waals surface area contributed by atoms with Crippen LogP contribution < -0.4 is 5.32 Å². The van der Waals surface area contributed by atoms with Crippen LogP contribution in [0.3, 0.4) is 0 Å². The molecule has 2 aliphatic rings. The Labute approximate surface area is 130 Å². The summed E-state index contributed by atoms with van der Waals surface area (Å²) in [6.45, 7) is 7.28. The highest BCUT2D eigenvalue weighted by molar-refractivity contribution is 6.31. The fraction of sp³-hybridized carbons (Fsp3) is 0.733. The van der Waals surface area contributed by atoms with Gasteiger partial charge < -0.3 is 10.2 Å². The number of rotatable bonds is 4. The minimum absolute atomic E-state index is 0.154. The SMILES string of the molecule is CCc1nn(CC)c(CN2CC3NCCCC3C2=O)c1Cl. The number of hydrogen-bond acceptors (Lipinski definition) is 3. The van der Waals surface area contributed by atoms with Crippen molar-refractivity contribution in [3.8, 4) is 0 Å². The van der Waals surface area contributed by atoms with Crippen molar-refractivity contribution in [1.29, 1.82) is 0 Å². The molecule has 0 bridgehead atoms. The van der Waals surface area contributed by atoms with E-state index in [9.17, 15) is 4.79 Å². The van der Waals surface area contributed by atoms with Crippen molar-refractivity contribution in [3.05, 3.63) is 16.4 Å². The molecule has 0 radical (unpaired) electrons. The Morgan fingerprint density at radius 3 is 2.90 bits per heavy atom. The van der Waals surface area contributed by atoms with E-state index in [0.717, 1.165) is 55.3 Å². The molecule has 1 amide bonds. The van der Waals surface area contributed by atoms with Crippen LogP contribution in [0.4, 0.5) is 0 Å². The van der Waals surface area contributed by atoms with Crippen LogP contribution in [0.2, 0.25) is 5.02 Å². The summed E-state index contributed by atoms with van der Waals surface area (Å²) in [6, 6.07) is 0.314. The van der Waals surface area contributed by atoms with Crippen molar-refractivity contribution in [1.82, 2.24) is 20.0 Å². The van der Waals surface area contributed by atoms with E-state index in [-0.39, 0.29) is 11.8 Å². The smallest absolute Gasteiger partial charge is 0.227 e. The molecule has 3 heterocycles. The molecule has 2 fully saturated rings. The standard InChI is InChI=1S/C15H23ClN4O/c1-3-11-14(16)13(20(4-2)18-11)9-19-8-12-10(15(19)21)6-5-7-17-12/h10,12,17H,3-9H2,1-2H3. The monoisotopic (exact) mass is 310 g/mol. The Kier molecular flexibility index (Phi) is 4.22. The number of likely N-dealkylation sites (tertiary alicyclic amines) is 1. The van der Waals surface area contributed by atoms with Gasteiger partial charge in [-0.15, -0.1) is 0 Å². The number of nitrogens with one attached hydrogen (secondary N) is 1. The summed E-state index contributed by atoms with van der Waals surface area (Å²) < 4.78 is 1.93. The molecule has 1 aromatic heterocycles. The maximum atomic E-state index is 12.5. The molecule has 3 rings (SSSR count). The van der Waals surface area contributed by atoms with Gasteiger partial charge in [0.2, 0.25) is 5.91 Å². The van der Waals surface area contributed by atoms with E-state index in [0.29, 0.717) is 12.6 Å². The van der Waals surface area contributed by atoms with Crippen molar-refractivity contribution in [2.45, 2.75) is 52.2 Å². The van der Waals surface area contributed by atoms with Gasteiger partial charge in [-0.05, 0) is 32.7 Å². The zero-order valence-electron chi connectivity index (χ0n) is 12.7. The van der Waals surface area contributed by atoms with E-state index in [4.69, 9.17) is 11.6 Å². The highest BCUT2D eigenvalue weighted by Gasteiger charge is 2.41. The zero-order chi connectivity index (χ0) is 15.0. The highest BCUT2D eigenvalue weighted by atomic mass is 35.5. The topological polar surface area (TPSA) is 50.2 Å². The Hall–Kier alpha value is -1.07. The quantitative estimate of drug-likeness (QED) is 0.923. The summed E-state index contributed by atoms with van der Waals surface area (Å²) in [6.07, 6.45) is 2.92. The predicted molar refractivity (Wildman–Crippen MR) is 82.2 cm³/mol. The van der Waals surface area contributed by atoms with Gasteiger partial charge in [-0.1, -0.05) is 18.5 Å². The van der Waals surface area contributed by atoms with Crippen molar-refractivity contribution in [2.24, 2.45) is 5.92 Å². The minimum atomic E-state index is 0.154. The fourth-order valence-corrected chi connectivity index (χ4v) is 3.82. The number of hydrogen-bond donors (Lipinski definition) is 1. The predicted octanol–water partition coefficient (Wildman–Crippen LogP) is 1.83. The molecule has 0 spiro atoms. The molecule has 6 heteroatoms. The third-order valence-corrected chi connectivity index (χ3v) is 5.10. The van der Waals surface area contributed by atoms with E-state index < -0.39 is 0 Å². The third-order valence-electron chi connectivity index (χ3n) is 4.66. The highest BCUT2D eigenvalue weighted by Crippen LogP contribution is 2.30. The van der Waals surface area contributed by atoms with Crippen LogP contribution in [0.5, 0.6) is 0 Å². The Morgan fingerprint density at radius 2 is 2.24 bits per heavy atom. The van der Waals surface area contributed by atoms with Crippen LogP contribution in [-0.2, 0) is 24.3 Å². The maximum absolute atomic E-state index is 12.5. The summed E-state index contributed by atoms with van der Waals surface area (Å²) in [5.41, 5.74) is 1.90. The number of aromatic nitrogens is 2. The number of amides is 1. The second-order valence-corrected chi connectivity index (χ2v) is 6.28. The lowest BCUT2D eigenvalue weighted by molar-refractivity contribution is -0.132. The fourth-order valence-electron chi connectivity index (χ4n) is 3.49. The second-order valence-electron chi connectivity index (χ2n) is 5.90. The van der Waals surface area contributed by atoms with Crippen LogP contribution >= 0.6 is 11.6 Å². The first kappa shape index (κ1) is 14.9. The number of carbonyl (C=O) groups is 1. The van der Waals surface area contributed by atoms with E-state index in [1.165, 1.54) is 0 Å². The van der Waals surface area contributed by atoms with Gasteiger partial charge in [0.15, 0.2) is 0 Å². The van der Waals surface area contributed by atoms with Gasteiger partial charge in [0.05, 0.1) is 28.9 Å². The molecule has 1 N–H and O–H groups in total. The maximum Gasteiger partial charge on any atom is 0.227 e. The summed E-state index contributed by atoms with van der Waals surface area (Å²) in [5.74, 6) is 0.423. The molecule has 2 saturated heterocycles. The van der Waals surface area contributed by atoms with Crippen LogP contribution in [0.15, 0.2) is 0 Å². The lowest BCUT2D eigenvalue weighted by atomic mass is 9.94. The molecular weight excluding hydrogens is 288 g/mol. The van der Waals surface area contributed by atoms with Crippen molar-refractivity contribution >= 4 is 17.5 Å². The van der Waals surface area contributed by atoms with Gasteiger partial charge in [0, 0.05) is 19.1 Å². The molecule has 5 nitrogen and oxygen atoms in total. The average molecular weight is 311 g/mol. The minimum Gasteiger partial charge on any atom is -0.335 e. The number of fused-ring (bicyclic) bond motifs is 1. The summed E-state index contributed by atoms with van der Waals surface area (Å²) in [4.78, 5) is 14.5. The van der Waals surface area contributed by atoms with Crippen LogP contribution in [0.25, 0.3) is 0 Å². The Morgan fingerprint density at radius 1 is 1.43 bits per heavy atom.